The molecule has 4 aromatic rings. The van der Waals surface area contributed by atoms with Crippen molar-refractivity contribution >= 4 is 65.7 Å². The molecule has 210 valence electrons. The third kappa shape index (κ3) is 5.88. The van der Waals surface area contributed by atoms with Crippen molar-refractivity contribution in [1.82, 2.24) is 15.0 Å². The monoisotopic (exact) mass is 592 g/mol. The number of aromatic nitrogens is 3. The van der Waals surface area contributed by atoms with Crippen molar-refractivity contribution in [1.29, 1.82) is 0 Å². The van der Waals surface area contributed by atoms with E-state index in [1.807, 2.05) is 0 Å². The smallest absolute Gasteiger partial charge is 0.315 e. The number of hydrogen-bond donors (Lipinski definition) is 5. The molecule has 0 aliphatic heterocycles. The van der Waals surface area contributed by atoms with Crippen LogP contribution in [0.3, 0.4) is 0 Å². The summed E-state index contributed by atoms with van der Waals surface area (Å²) in [5.41, 5.74) is 5.87. The van der Waals surface area contributed by atoms with E-state index in [1.165, 1.54) is 30.0 Å². The highest BCUT2D eigenvalue weighted by Gasteiger charge is 2.21. The number of aryl methyl sites for hydroxylation is 1. The van der Waals surface area contributed by atoms with Crippen LogP contribution in [0.1, 0.15) is 5.56 Å². The summed E-state index contributed by atoms with van der Waals surface area (Å²) in [6, 6.07) is 6.80. The van der Waals surface area contributed by atoms with Crippen LogP contribution in [-0.4, -0.2) is 60.1 Å². The van der Waals surface area contributed by atoms with E-state index in [9.17, 15) is 35.4 Å². The number of nitrogens with two attached hydrogens (primary N) is 1. The van der Waals surface area contributed by atoms with E-state index in [4.69, 9.17) is 5.73 Å². The molecule has 0 aliphatic carbocycles. The normalized spacial score (nSPS) is 12.2. The van der Waals surface area contributed by atoms with Gasteiger partial charge in [-0.1, -0.05) is 6.07 Å². The lowest BCUT2D eigenvalue weighted by Gasteiger charge is -2.14. The zero-order valence-electron chi connectivity index (χ0n) is 20.9. The van der Waals surface area contributed by atoms with E-state index in [0.29, 0.717) is 0 Å². The maximum absolute atomic E-state index is 13.9. The third-order valence-electron chi connectivity index (χ3n) is 5.46. The Hall–Kier alpha value is -4.52. The van der Waals surface area contributed by atoms with Gasteiger partial charge in [-0.05, 0) is 42.1 Å². The highest BCUT2D eigenvalue weighted by Crippen LogP contribution is 2.41. The molecule has 0 spiro atoms. The minimum atomic E-state index is -4.82. The Labute approximate surface area is 226 Å². The lowest BCUT2D eigenvalue weighted by molar-refractivity contribution is 0.471. The number of halogens is 1. The Morgan fingerprint density at radius 2 is 1.68 bits per heavy atom. The Bertz CT molecular complexity index is 1920. The maximum Gasteiger partial charge on any atom is 0.315 e. The Balaban J connectivity index is 1.86. The van der Waals surface area contributed by atoms with Crippen molar-refractivity contribution in [2.75, 3.05) is 30.0 Å². The molecule has 6 N–H and O–H groups in total. The number of anilines is 4. The summed E-state index contributed by atoms with van der Waals surface area (Å²) in [4.78, 5) is 11.4. The molecule has 1 aromatic heterocycles. The fourth-order valence-corrected chi connectivity index (χ4v) is 4.81. The predicted octanol–water partition coefficient (Wildman–Crippen LogP) is 3.48. The van der Waals surface area contributed by atoms with E-state index in [2.05, 4.69) is 30.5 Å². The number of nitrogens with one attached hydrogen (secondary N) is 1. The molecule has 3 aromatic carbocycles. The number of nitrogen functional groups attached to an aromatic ring is 1. The first-order valence-electron chi connectivity index (χ1n) is 11.0. The van der Waals surface area contributed by atoms with Crippen LogP contribution in [-0.2, 0) is 20.2 Å². The van der Waals surface area contributed by atoms with Crippen LogP contribution in [0.2, 0.25) is 0 Å². The molecule has 0 aliphatic rings. The van der Waals surface area contributed by atoms with Gasteiger partial charge in [0.15, 0.2) is 0 Å². The number of aromatic hydroxyl groups is 1. The average Bonchev–Trinajstić information content (AvgIpc) is 2.83. The van der Waals surface area contributed by atoms with Gasteiger partial charge in [-0.2, -0.15) is 36.2 Å². The van der Waals surface area contributed by atoms with Gasteiger partial charge in [0.2, 0.25) is 11.9 Å². The first kappa shape index (κ1) is 28.5. The molecule has 0 saturated carbocycles. The zero-order chi connectivity index (χ0) is 29.6. The lowest BCUT2D eigenvalue weighted by Crippen LogP contribution is -2.15. The van der Waals surface area contributed by atoms with E-state index in [-0.39, 0.29) is 51.0 Å². The number of phenols is 1. The lowest BCUT2D eigenvalue weighted by atomic mass is 10.1. The largest absolute Gasteiger partial charge is 0.507 e. The van der Waals surface area contributed by atoms with Gasteiger partial charge in [0.05, 0.1) is 16.0 Å². The maximum atomic E-state index is 13.9. The average molecular weight is 593 g/mol. The summed E-state index contributed by atoms with van der Waals surface area (Å²) >= 11 is 0. The summed E-state index contributed by atoms with van der Waals surface area (Å²) < 4.78 is 80.4. The van der Waals surface area contributed by atoms with Crippen LogP contribution in [0, 0.1) is 13.0 Å². The van der Waals surface area contributed by atoms with Crippen LogP contribution in [0.25, 0.3) is 10.8 Å². The topological polar surface area (TPSA) is 234 Å². The second-order valence-electron chi connectivity index (χ2n) is 8.58. The Morgan fingerprint density at radius 1 is 0.975 bits per heavy atom. The fourth-order valence-electron chi connectivity index (χ4n) is 3.58. The summed E-state index contributed by atoms with van der Waals surface area (Å²) in [6.45, 7) is 1.50. The Kier molecular flexibility index (Phi) is 7.28. The van der Waals surface area contributed by atoms with Crippen LogP contribution < -0.4 is 16.0 Å². The molecule has 0 saturated heterocycles. The second-order valence-corrected chi connectivity index (χ2v) is 11.4. The number of benzene rings is 3. The van der Waals surface area contributed by atoms with Crippen molar-refractivity contribution in [3.8, 4) is 5.75 Å². The SMILES string of the molecule is Cc1cc(S(=O)(=O)O)c(N=Nc2c(N)ccc3cc(S(=O)(=O)O)cc(O)c23)cc1Nc1nc(F)nc(N(C)C)n1. The number of fused-ring (bicyclic) bond motifs is 1. The molecule has 1 heterocycles. The quantitative estimate of drug-likeness (QED) is 0.118. The molecular formula is C22H21FN8O7S2. The first-order valence-corrected chi connectivity index (χ1v) is 13.8. The molecule has 4 rings (SSSR count). The Morgan fingerprint density at radius 3 is 2.30 bits per heavy atom. The van der Waals surface area contributed by atoms with E-state index in [1.54, 1.807) is 14.1 Å². The number of phenolic OH excluding ortho intramolecular Hbond substituents is 1. The van der Waals surface area contributed by atoms with Gasteiger partial charge < -0.3 is 21.1 Å². The van der Waals surface area contributed by atoms with Gasteiger partial charge in [0.1, 0.15) is 22.0 Å². The summed E-state index contributed by atoms with van der Waals surface area (Å²) in [7, 11) is -6.30. The molecule has 15 nitrogen and oxygen atoms in total. The molecule has 40 heavy (non-hydrogen) atoms. The van der Waals surface area contributed by atoms with Crippen LogP contribution in [0.15, 0.2) is 56.4 Å². The molecular weight excluding hydrogens is 571 g/mol. The van der Waals surface area contributed by atoms with Crippen molar-refractivity contribution in [3.05, 3.63) is 48.0 Å². The standard InChI is InChI=1S/C22H21FN8O7S2/c1-10-6-17(40(36,37)38)15(9-14(10)25-21-26-20(23)27-22(28-21)31(2)3)29-30-19-13(24)5-4-11-7-12(39(33,34)35)8-16(32)18(11)19/h4-9,32H,24H2,1-3H3,(H,33,34,35)(H,36,37,38)(H,25,26,27,28). The third-order valence-corrected chi connectivity index (χ3v) is 7.17. The van der Waals surface area contributed by atoms with Gasteiger partial charge in [0.25, 0.3) is 20.2 Å². The molecule has 0 fully saturated rings. The predicted molar refractivity (Wildman–Crippen MR) is 142 cm³/mol. The number of hydrogen-bond acceptors (Lipinski definition) is 13. The van der Waals surface area contributed by atoms with Crippen molar-refractivity contribution in [2.24, 2.45) is 10.2 Å². The minimum Gasteiger partial charge on any atom is -0.507 e. The number of azo groups is 1. The minimum absolute atomic E-state index is 0.00511. The van der Waals surface area contributed by atoms with Gasteiger partial charge in [-0.15, -0.1) is 10.2 Å². The van der Waals surface area contributed by atoms with E-state index >= 15 is 0 Å². The summed E-state index contributed by atoms with van der Waals surface area (Å²) in [5, 5.41) is 21.2. The fraction of sp³-hybridized carbons (Fsp3) is 0.136. The molecule has 0 radical (unpaired) electrons. The molecule has 18 heteroatoms. The van der Waals surface area contributed by atoms with Gasteiger partial charge in [-0.3, -0.25) is 9.11 Å². The molecule has 0 bridgehead atoms. The van der Waals surface area contributed by atoms with Crippen LogP contribution in [0.5, 0.6) is 5.75 Å². The summed E-state index contributed by atoms with van der Waals surface area (Å²) in [6.07, 6.45) is -1.07. The van der Waals surface area contributed by atoms with Crippen molar-refractivity contribution < 1.29 is 35.4 Å². The highest BCUT2D eigenvalue weighted by molar-refractivity contribution is 7.86. The second kappa shape index (κ2) is 10.2. The van der Waals surface area contributed by atoms with Gasteiger partial charge >= 0.3 is 6.08 Å². The van der Waals surface area contributed by atoms with Gasteiger partial charge in [0, 0.05) is 25.8 Å². The molecule has 0 unspecified atom stereocenters. The summed E-state index contributed by atoms with van der Waals surface area (Å²) in [5.74, 6) is -0.814. The number of rotatable bonds is 7. The molecule has 0 atom stereocenters. The van der Waals surface area contributed by atoms with E-state index < -0.39 is 41.9 Å². The van der Waals surface area contributed by atoms with Crippen LogP contribution >= 0.6 is 0 Å². The number of nitrogens with zero attached hydrogens (tertiary/aromatic N) is 6. The van der Waals surface area contributed by atoms with Gasteiger partial charge in [-0.25, -0.2) is 0 Å². The highest BCUT2D eigenvalue weighted by atomic mass is 32.2. The first-order chi connectivity index (χ1) is 18.5. The van der Waals surface area contributed by atoms with Crippen molar-refractivity contribution in [2.45, 2.75) is 16.7 Å². The van der Waals surface area contributed by atoms with Crippen molar-refractivity contribution in [3.63, 3.8) is 0 Å². The zero-order valence-corrected chi connectivity index (χ0v) is 22.5. The van der Waals surface area contributed by atoms with Crippen LogP contribution in [0.4, 0.5) is 39.0 Å². The van der Waals surface area contributed by atoms with E-state index in [0.717, 1.165) is 18.2 Å². The molecule has 0 amide bonds.